The number of hydrogen-bond acceptors (Lipinski definition) is 5. The van der Waals surface area contributed by atoms with Gasteiger partial charge in [0.2, 0.25) is 0 Å². The molecule has 2 N–H and O–H groups in total. The molecule has 0 atom stereocenters. The van der Waals surface area contributed by atoms with Gasteiger partial charge in [0.1, 0.15) is 5.76 Å². The van der Waals surface area contributed by atoms with Crippen molar-refractivity contribution in [3.05, 3.63) is 17.0 Å². The fraction of sp³-hybridized carbons (Fsp3) is 0.800. The first kappa shape index (κ1) is 20.1. The van der Waals surface area contributed by atoms with Gasteiger partial charge in [-0.2, -0.15) is 0 Å². The SMILES string of the molecule is CCc1noc(CC)c1CNC(=NC)NCC1(N2CCCC2)CCOCC1. The molecule has 7 nitrogen and oxygen atoms in total. The van der Waals surface area contributed by atoms with Crippen molar-refractivity contribution in [1.29, 1.82) is 0 Å². The molecule has 2 saturated heterocycles. The second-order valence-corrected chi connectivity index (χ2v) is 7.55. The van der Waals surface area contributed by atoms with E-state index in [4.69, 9.17) is 9.26 Å². The molecular formula is C20H35N5O2. The summed E-state index contributed by atoms with van der Waals surface area (Å²) < 4.78 is 11.1. The molecule has 0 aliphatic carbocycles. The number of aromatic nitrogens is 1. The van der Waals surface area contributed by atoms with Crippen molar-refractivity contribution in [2.75, 3.05) is 39.9 Å². The highest BCUT2D eigenvalue weighted by Crippen LogP contribution is 2.30. The van der Waals surface area contributed by atoms with E-state index in [1.807, 2.05) is 7.05 Å². The van der Waals surface area contributed by atoms with E-state index < -0.39 is 0 Å². The molecule has 2 aliphatic heterocycles. The average Bonchev–Trinajstić information content (AvgIpc) is 3.38. The number of likely N-dealkylation sites (tertiary alicyclic amines) is 1. The minimum absolute atomic E-state index is 0.187. The van der Waals surface area contributed by atoms with Gasteiger partial charge in [-0.15, -0.1) is 0 Å². The quantitative estimate of drug-likeness (QED) is 0.560. The second-order valence-electron chi connectivity index (χ2n) is 7.55. The lowest BCUT2D eigenvalue weighted by Crippen LogP contribution is -2.58. The van der Waals surface area contributed by atoms with E-state index in [0.29, 0.717) is 6.54 Å². The lowest BCUT2D eigenvalue weighted by atomic mass is 9.88. The van der Waals surface area contributed by atoms with Crippen molar-refractivity contribution in [2.24, 2.45) is 4.99 Å². The lowest BCUT2D eigenvalue weighted by Gasteiger charge is -2.45. The molecular weight excluding hydrogens is 342 g/mol. The first-order valence-electron chi connectivity index (χ1n) is 10.5. The summed E-state index contributed by atoms with van der Waals surface area (Å²) in [6, 6.07) is 0. The Hall–Kier alpha value is -1.60. The van der Waals surface area contributed by atoms with E-state index in [-0.39, 0.29) is 5.54 Å². The number of aryl methyl sites for hydroxylation is 2. The summed E-state index contributed by atoms with van der Waals surface area (Å²) in [5.74, 6) is 1.80. The van der Waals surface area contributed by atoms with E-state index in [1.165, 1.54) is 31.5 Å². The van der Waals surface area contributed by atoms with E-state index >= 15 is 0 Å². The summed E-state index contributed by atoms with van der Waals surface area (Å²) in [6.45, 7) is 9.91. The van der Waals surface area contributed by atoms with Crippen LogP contribution in [0.2, 0.25) is 0 Å². The van der Waals surface area contributed by atoms with Crippen molar-refractivity contribution >= 4 is 5.96 Å². The predicted molar refractivity (Wildman–Crippen MR) is 107 cm³/mol. The number of nitrogens with zero attached hydrogens (tertiary/aromatic N) is 3. The van der Waals surface area contributed by atoms with E-state index in [9.17, 15) is 0 Å². The minimum atomic E-state index is 0.187. The van der Waals surface area contributed by atoms with Crippen LogP contribution in [0.5, 0.6) is 0 Å². The third-order valence-electron chi connectivity index (χ3n) is 6.05. The molecule has 0 aromatic carbocycles. The highest BCUT2D eigenvalue weighted by molar-refractivity contribution is 5.79. The molecule has 0 amide bonds. The van der Waals surface area contributed by atoms with Crippen LogP contribution in [0, 0.1) is 0 Å². The maximum absolute atomic E-state index is 5.65. The van der Waals surface area contributed by atoms with E-state index in [1.54, 1.807) is 0 Å². The van der Waals surface area contributed by atoms with Crippen LogP contribution in [-0.4, -0.2) is 61.5 Å². The van der Waals surface area contributed by atoms with Gasteiger partial charge in [-0.1, -0.05) is 19.0 Å². The van der Waals surface area contributed by atoms with Gasteiger partial charge in [-0.25, -0.2) is 0 Å². The standard InChI is InChI=1S/C20H35N5O2/c1-4-17-16(18(5-2)27-24-17)14-22-19(21-3)23-15-20(8-12-26-13-9-20)25-10-6-7-11-25/h4-15H2,1-3H3,(H2,21,22,23). The number of ether oxygens (including phenoxy) is 1. The van der Waals surface area contributed by atoms with Crippen molar-refractivity contribution < 1.29 is 9.26 Å². The molecule has 3 heterocycles. The number of nitrogens with one attached hydrogen (secondary N) is 2. The van der Waals surface area contributed by atoms with Gasteiger partial charge < -0.3 is 19.9 Å². The predicted octanol–water partition coefficient (Wildman–Crippen LogP) is 2.11. The summed E-state index contributed by atoms with van der Waals surface area (Å²) in [5.41, 5.74) is 2.39. The largest absolute Gasteiger partial charge is 0.381 e. The number of rotatable bonds is 7. The maximum atomic E-state index is 5.65. The second kappa shape index (κ2) is 9.55. The molecule has 1 aromatic rings. The van der Waals surface area contributed by atoms with Gasteiger partial charge in [-0.3, -0.25) is 9.89 Å². The summed E-state index contributed by atoms with van der Waals surface area (Å²) in [5, 5.41) is 11.2. The number of hydrogen-bond donors (Lipinski definition) is 2. The van der Waals surface area contributed by atoms with Gasteiger partial charge in [0, 0.05) is 50.9 Å². The Morgan fingerprint density at radius 2 is 1.89 bits per heavy atom. The maximum Gasteiger partial charge on any atom is 0.191 e. The van der Waals surface area contributed by atoms with E-state index in [2.05, 4.69) is 39.5 Å². The van der Waals surface area contributed by atoms with Crippen molar-refractivity contribution in [3.63, 3.8) is 0 Å². The molecule has 0 bridgehead atoms. The molecule has 0 unspecified atom stereocenters. The molecule has 3 rings (SSSR count). The smallest absolute Gasteiger partial charge is 0.191 e. The van der Waals surface area contributed by atoms with Gasteiger partial charge in [0.05, 0.1) is 5.69 Å². The molecule has 2 aliphatic rings. The van der Waals surface area contributed by atoms with Crippen LogP contribution in [0.1, 0.15) is 56.5 Å². The zero-order valence-electron chi connectivity index (χ0n) is 17.1. The van der Waals surface area contributed by atoms with Crippen molar-refractivity contribution in [2.45, 2.75) is 64.5 Å². The van der Waals surface area contributed by atoms with Crippen LogP contribution in [0.25, 0.3) is 0 Å². The summed E-state index contributed by atoms with van der Waals surface area (Å²) >= 11 is 0. The topological polar surface area (TPSA) is 74.9 Å². The van der Waals surface area contributed by atoms with Crippen molar-refractivity contribution in [1.82, 2.24) is 20.7 Å². The molecule has 27 heavy (non-hydrogen) atoms. The molecule has 0 radical (unpaired) electrons. The molecule has 0 saturated carbocycles. The van der Waals surface area contributed by atoms with Crippen LogP contribution >= 0.6 is 0 Å². The Morgan fingerprint density at radius 1 is 1.15 bits per heavy atom. The summed E-state index contributed by atoms with van der Waals surface area (Å²) in [7, 11) is 1.83. The molecule has 0 spiro atoms. The molecule has 152 valence electrons. The van der Waals surface area contributed by atoms with Crippen LogP contribution in [0.4, 0.5) is 0 Å². The summed E-state index contributed by atoms with van der Waals surface area (Å²) in [4.78, 5) is 7.10. The third-order valence-corrected chi connectivity index (χ3v) is 6.05. The van der Waals surface area contributed by atoms with Gasteiger partial charge in [-0.05, 0) is 45.2 Å². The normalized spacial score (nSPS) is 20.8. The number of aliphatic imine (C=N–C) groups is 1. The van der Waals surface area contributed by atoms with Crippen LogP contribution in [-0.2, 0) is 24.1 Å². The Balaban J connectivity index is 1.60. The third kappa shape index (κ3) is 4.63. The highest BCUT2D eigenvalue weighted by Gasteiger charge is 2.39. The molecule has 1 aromatic heterocycles. The Morgan fingerprint density at radius 3 is 2.52 bits per heavy atom. The summed E-state index contributed by atoms with van der Waals surface area (Å²) in [6.07, 6.45) is 6.52. The van der Waals surface area contributed by atoms with Crippen molar-refractivity contribution in [3.8, 4) is 0 Å². The molecule has 7 heteroatoms. The monoisotopic (exact) mass is 377 g/mol. The zero-order chi connectivity index (χ0) is 19.1. The minimum Gasteiger partial charge on any atom is -0.381 e. The van der Waals surface area contributed by atoms with Gasteiger partial charge in [0.15, 0.2) is 5.96 Å². The van der Waals surface area contributed by atoms with Gasteiger partial charge in [0.25, 0.3) is 0 Å². The fourth-order valence-electron chi connectivity index (χ4n) is 4.33. The Labute approximate surface area is 162 Å². The Bertz CT molecular complexity index is 594. The number of guanidine groups is 1. The van der Waals surface area contributed by atoms with Crippen LogP contribution in [0.15, 0.2) is 9.52 Å². The zero-order valence-corrected chi connectivity index (χ0v) is 17.1. The highest BCUT2D eigenvalue weighted by atomic mass is 16.5. The van der Waals surface area contributed by atoms with Crippen LogP contribution in [0.3, 0.4) is 0 Å². The molecule has 2 fully saturated rings. The first-order chi connectivity index (χ1) is 13.2. The average molecular weight is 378 g/mol. The fourth-order valence-corrected chi connectivity index (χ4v) is 4.33. The Kier molecular flexibility index (Phi) is 7.13. The first-order valence-corrected chi connectivity index (χ1v) is 10.5. The van der Waals surface area contributed by atoms with Gasteiger partial charge >= 0.3 is 0 Å². The van der Waals surface area contributed by atoms with E-state index in [0.717, 1.165) is 62.9 Å². The lowest BCUT2D eigenvalue weighted by molar-refractivity contribution is -0.0164. The van der Waals surface area contributed by atoms with Crippen LogP contribution < -0.4 is 10.6 Å².